The molecule has 0 unspecified atom stereocenters. The van der Waals surface area contributed by atoms with Crippen molar-refractivity contribution in [1.82, 2.24) is 0 Å². The predicted octanol–water partition coefficient (Wildman–Crippen LogP) is 2.73. The molecule has 0 aromatic heterocycles. The van der Waals surface area contributed by atoms with Crippen LogP contribution in [0, 0.1) is 0 Å². The molecule has 2 aromatic carbocycles. The third kappa shape index (κ3) is 3.78. The second-order valence-electron chi connectivity index (χ2n) is 6.26. The molecule has 0 bridgehead atoms. The lowest BCUT2D eigenvalue weighted by Crippen LogP contribution is -2.37. The van der Waals surface area contributed by atoms with Crippen LogP contribution in [0.15, 0.2) is 36.4 Å². The first-order valence-electron chi connectivity index (χ1n) is 8.49. The van der Waals surface area contributed by atoms with Crippen LogP contribution in [0.2, 0.25) is 0 Å². The minimum absolute atomic E-state index is 0. The summed E-state index contributed by atoms with van der Waals surface area (Å²) in [6, 6.07) is 11.1. The highest BCUT2D eigenvalue weighted by atomic mass is 35.5. The Morgan fingerprint density at radius 3 is 2.70 bits per heavy atom. The summed E-state index contributed by atoms with van der Waals surface area (Å²) in [5.41, 5.74) is 8.85. The molecule has 0 spiro atoms. The van der Waals surface area contributed by atoms with Crippen molar-refractivity contribution in [3.05, 3.63) is 42.0 Å². The van der Waals surface area contributed by atoms with E-state index in [-0.39, 0.29) is 37.4 Å². The number of hydrogen-bond acceptors (Lipinski definition) is 5. The molecule has 0 fully saturated rings. The fourth-order valence-electron chi connectivity index (χ4n) is 3.23. The van der Waals surface area contributed by atoms with Gasteiger partial charge in [0.2, 0.25) is 18.6 Å². The van der Waals surface area contributed by atoms with Crippen molar-refractivity contribution in [1.29, 1.82) is 0 Å². The number of nitrogens with zero attached hydrogens (tertiary/aromatic N) is 1. The number of carbonyl (C=O) groups excluding carboxylic acids is 2. The Morgan fingerprint density at radius 2 is 1.89 bits per heavy atom. The van der Waals surface area contributed by atoms with Crippen molar-refractivity contribution in [3.8, 4) is 11.5 Å². The van der Waals surface area contributed by atoms with Crippen LogP contribution < -0.4 is 25.4 Å². The van der Waals surface area contributed by atoms with Crippen molar-refractivity contribution in [2.75, 3.05) is 29.3 Å². The Balaban J connectivity index is 0.00000210. The van der Waals surface area contributed by atoms with Gasteiger partial charge < -0.3 is 25.4 Å². The van der Waals surface area contributed by atoms with E-state index >= 15 is 0 Å². The maximum Gasteiger partial charge on any atom is 0.231 e. The van der Waals surface area contributed by atoms with Gasteiger partial charge in [-0.25, -0.2) is 0 Å². The number of nitrogens with two attached hydrogens (primary N) is 1. The zero-order valence-corrected chi connectivity index (χ0v) is 15.4. The third-order valence-corrected chi connectivity index (χ3v) is 4.57. The molecule has 142 valence electrons. The van der Waals surface area contributed by atoms with Crippen LogP contribution in [0.3, 0.4) is 0 Å². The molecule has 4 rings (SSSR count). The molecule has 0 saturated heterocycles. The summed E-state index contributed by atoms with van der Waals surface area (Å²) >= 11 is 0. The summed E-state index contributed by atoms with van der Waals surface area (Å²) in [5, 5.41) is 2.78. The number of nitrogen functional groups attached to an aromatic ring is 1. The van der Waals surface area contributed by atoms with Gasteiger partial charge in [-0.1, -0.05) is 18.2 Å². The van der Waals surface area contributed by atoms with E-state index in [1.807, 2.05) is 24.3 Å². The predicted molar refractivity (Wildman–Crippen MR) is 105 cm³/mol. The standard InChI is InChI=1S/C19H19N3O4.ClH/c20-13-9-16-17(26-11-25-16)10-14(13)21-18(23)7-8-22-15-4-2-1-3-12(15)5-6-19(22)24;/h1-4,9-10H,5-8,11,20H2,(H,21,23);1H. The monoisotopic (exact) mass is 389 g/mol. The van der Waals surface area contributed by atoms with E-state index in [0.717, 1.165) is 17.7 Å². The Hall–Kier alpha value is -2.93. The van der Waals surface area contributed by atoms with E-state index in [1.165, 1.54) is 0 Å². The second kappa shape index (κ2) is 7.75. The van der Waals surface area contributed by atoms with E-state index in [4.69, 9.17) is 15.2 Å². The Labute approximate surface area is 162 Å². The summed E-state index contributed by atoms with van der Waals surface area (Å²) in [5.74, 6) is 0.941. The van der Waals surface area contributed by atoms with E-state index in [1.54, 1.807) is 17.0 Å². The Morgan fingerprint density at radius 1 is 1.15 bits per heavy atom. The number of aryl methyl sites for hydroxylation is 1. The lowest BCUT2D eigenvalue weighted by atomic mass is 10.0. The number of ether oxygens (including phenoxy) is 2. The normalized spacial score (nSPS) is 14.4. The number of anilines is 3. The molecule has 0 aliphatic carbocycles. The number of benzene rings is 2. The van der Waals surface area contributed by atoms with Gasteiger partial charge in [0.15, 0.2) is 11.5 Å². The number of amides is 2. The van der Waals surface area contributed by atoms with Crippen molar-refractivity contribution < 1.29 is 19.1 Å². The molecule has 2 aliphatic heterocycles. The quantitative estimate of drug-likeness (QED) is 0.784. The fraction of sp³-hybridized carbons (Fsp3) is 0.263. The van der Waals surface area contributed by atoms with Gasteiger partial charge in [0.25, 0.3) is 0 Å². The highest BCUT2D eigenvalue weighted by Gasteiger charge is 2.24. The Bertz CT molecular complexity index is 887. The largest absolute Gasteiger partial charge is 0.454 e. The number of halogens is 1. The van der Waals surface area contributed by atoms with Gasteiger partial charge in [0.05, 0.1) is 11.4 Å². The molecular formula is C19H20ClN3O4. The summed E-state index contributed by atoms with van der Waals surface area (Å²) in [6.45, 7) is 0.467. The van der Waals surface area contributed by atoms with Crippen LogP contribution >= 0.6 is 12.4 Å². The average Bonchev–Trinajstić information content (AvgIpc) is 3.08. The van der Waals surface area contributed by atoms with Gasteiger partial charge in [-0.15, -0.1) is 12.4 Å². The van der Waals surface area contributed by atoms with Crippen molar-refractivity contribution in [3.63, 3.8) is 0 Å². The zero-order chi connectivity index (χ0) is 18.1. The van der Waals surface area contributed by atoms with Gasteiger partial charge in [-0.2, -0.15) is 0 Å². The van der Waals surface area contributed by atoms with E-state index in [0.29, 0.717) is 35.8 Å². The number of carbonyl (C=O) groups is 2. The first-order chi connectivity index (χ1) is 12.6. The van der Waals surface area contributed by atoms with Crippen LogP contribution in [0.25, 0.3) is 0 Å². The first kappa shape index (κ1) is 18.8. The van der Waals surface area contributed by atoms with Crippen molar-refractivity contribution >= 4 is 41.3 Å². The summed E-state index contributed by atoms with van der Waals surface area (Å²) in [6.07, 6.45) is 1.38. The SMILES string of the molecule is Cl.Nc1cc2c(cc1NC(=O)CCN1C(=O)CCc3ccccc31)OCO2. The van der Waals surface area contributed by atoms with Crippen LogP contribution in [-0.4, -0.2) is 25.2 Å². The molecule has 0 atom stereocenters. The van der Waals surface area contributed by atoms with Crippen LogP contribution in [-0.2, 0) is 16.0 Å². The number of rotatable bonds is 4. The van der Waals surface area contributed by atoms with Crippen LogP contribution in [0.5, 0.6) is 11.5 Å². The highest BCUT2D eigenvalue weighted by Crippen LogP contribution is 2.38. The maximum atomic E-state index is 12.3. The average molecular weight is 390 g/mol. The number of fused-ring (bicyclic) bond motifs is 2. The minimum Gasteiger partial charge on any atom is -0.454 e. The minimum atomic E-state index is -0.216. The lowest BCUT2D eigenvalue weighted by Gasteiger charge is -2.29. The molecule has 7 nitrogen and oxygen atoms in total. The molecule has 2 aromatic rings. The smallest absolute Gasteiger partial charge is 0.231 e. The lowest BCUT2D eigenvalue weighted by molar-refractivity contribution is -0.119. The van der Waals surface area contributed by atoms with Crippen LogP contribution in [0.1, 0.15) is 18.4 Å². The molecule has 2 heterocycles. The molecule has 2 aliphatic rings. The van der Waals surface area contributed by atoms with Gasteiger partial charge in [-0.05, 0) is 18.1 Å². The first-order valence-corrected chi connectivity index (χ1v) is 8.49. The summed E-state index contributed by atoms with van der Waals surface area (Å²) in [7, 11) is 0. The summed E-state index contributed by atoms with van der Waals surface area (Å²) < 4.78 is 10.6. The van der Waals surface area contributed by atoms with Crippen LogP contribution in [0.4, 0.5) is 17.1 Å². The molecule has 2 amide bonds. The molecule has 8 heteroatoms. The highest BCUT2D eigenvalue weighted by molar-refractivity contribution is 5.99. The van der Waals surface area contributed by atoms with Crippen molar-refractivity contribution in [2.45, 2.75) is 19.3 Å². The molecular weight excluding hydrogens is 370 g/mol. The molecule has 0 radical (unpaired) electrons. The van der Waals surface area contributed by atoms with Crippen molar-refractivity contribution in [2.24, 2.45) is 0 Å². The maximum absolute atomic E-state index is 12.3. The number of hydrogen-bond donors (Lipinski definition) is 2. The van der Waals surface area contributed by atoms with Gasteiger partial charge in [-0.3, -0.25) is 9.59 Å². The van der Waals surface area contributed by atoms with Gasteiger partial charge in [0, 0.05) is 37.2 Å². The number of para-hydroxylation sites is 1. The fourth-order valence-corrected chi connectivity index (χ4v) is 3.23. The number of nitrogens with one attached hydrogen (secondary N) is 1. The second-order valence-corrected chi connectivity index (χ2v) is 6.26. The molecule has 3 N–H and O–H groups in total. The van der Waals surface area contributed by atoms with E-state index in [2.05, 4.69) is 5.32 Å². The Kier molecular flexibility index (Phi) is 5.41. The van der Waals surface area contributed by atoms with Gasteiger partial charge >= 0.3 is 0 Å². The zero-order valence-electron chi connectivity index (χ0n) is 14.6. The molecule has 27 heavy (non-hydrogen) atoms. The third-order valence-electron chi connectivity index (χ3n) is 4.57. The van der Waals surface area contributed by atoms with Gasteiger partial charge in [0.1, 0.15) is 0 Å². The van der Waals surface area contributed by atoms with E-state index < -0.39 is 0 Å². The molecule has 0 saturated carbocycles. The van der Waals surface area contributed by atoms with E-state index in [9.17, 15) is 9.59 Å². The summed E-state index contributed by atoms with van der Waals surface area (Å²) in [4.78, 5) is 26.3. The topological polar surface area (TPSA) is 93.9 Å².